The molecular formula is C15H19N3O3. The van der Waals surface area contributed by atoms with E-state index < -0.39 is 6.09 Å². The average molecular weight is 289 g/mol. The molecule has 1 unspecified atom stereocenters. The first kappa shape index (κ1) is 15.0. The van der Waals surface area contributed by atoms with E-state index >= 15 is 0 Å². The van der Waals surface area contributed by atoms with Crippen molar-refractivity contribution < 1.29 is 13.9 Å². The highest BCUT2D eigenvalue weighted by Gasteiger charge is 2.22. The summed E-state index contributed by atoms with van der Waals surface area (Å²) in [5.41, 5.74) is 0. The van der Waals surface area contributed by atoms with Crippen LogP contribution in [0.4, 0.5) is 4.79 Å². The Hall–Kier alpha value is -2.37. The summed E-state index contributed by atoms with van der Waals surface area (Å²) in [5, 5.41) is 10.5. The summed E-state index contributed by atoms with van der Waals surface area (Å²) < 4.78 is 10.6. The van der Waals surface area contributed by atoms with Crippen molar-refractivity contribution in [2.45, 2.75) is 33.2 Å². The average Bonchev–Trinajstić information content (AvgIpc) is 2.85. The second kappa shape index (κ2) is 6.88. The number of para-hydroxylation sites is 1. The Balaban J connectivity index is 2.03. The second-order valence-corrected chi connectivity index (χ2v) is 5.19. The van der Waals surface area contributed by atoms with E-state index in [1.807, 2.05) is 6.07 Å². The van der Waals surface area contributed by atoms with Gasteiger partial charge in [-0.05, 0) is 24.5 Å². The quantitative estimate of drug-likeness (QED) is 0.914. The van der Waals surface area contributed by atoms with Crippen LogP contribution in [0.3, 0.4) is 0 Å². The summed E-state index contributed by atoms with van der Waals surface area (Å²) in [6, 6.07) is 8.53. The number of hydrogen-bond donors (Lipinski definition) is 1. The predicted molar refractivity (Wildman–Crippen MR) is 76.8 cm³/mol. The van der Waals surface area contributed by atoms with Gasteiger partial charge in [-0.15, -0.1) is 10.2 Å². The van der Waals surface area contributed by atoms with Gasteiger partial charge in [-0.3, -0.25) is 0 Å². The van der Waals surface area contributed by atoms with Crippen LogP contribution in [-0.4, -0.2) is 16.3 Å². The van der Waals surface area contributed by atoms with Crippen LogP contribution in [0, 0.1) is 12.8 Å². The van der Waals surface area contributed by atoms with Gasteiger partial charge < -0.3 is 14.5 Å². The number of aromatic nitrogens is 2. The van der Waals surface area contributed by atoms with Crippen LogP contribution in [0.1, 0.15) is 38.1 Å². The molecule has 0 aliphatic carbocycles. The SMILES string of the molecule is Cc1nnc(C(CC(C)C)NC(=O)Oc2ccccc2)o1. The van der Waals surface area contributed by atoms with Crippen LogP contribution in [0.5, 0.6) is 5.75 Å². The van der Waals surface area contributed by atoms with Gasteiger partial charge in [0.15, 0.2) is 0 Å². The minimum absolute atomic E-state index is 0.359. The molecule has 0 aliphatic rings. The van der Waals surface area contributed by atoms with Crippen molar-refractivity contribution in [3.05, 3.63) is 42.1 Å². The Morgan fingerprint density at radius 2 is 2.00 bits per heavy atom. The van der Waals surface area contributed by atoms with E-state index in [1.165, 1.54) is 0 Å². The highest BCUT2D eigenvalue weighted by molar-refractivity contribution is 5.70. The third-order valence-corrected chi connectivity index (χ3v) is 2.79. The number of nitrogens with one attached hydrogen (secondary N) is 1. The molecule has 6 nitrogen and oxygen atoms in total. The lowest BCUT2D eigenvalue weighted by Crippen LogP contribution is -2.32. The Morgan fingerprint density at radius 1 is 1.29 bits per heavy atom. The van der Waals surface area contributed by atoms with Gasteiger partial charge in [-0.1, -0.05) is 32.0 Å². The highest BCUT2D eigenvalue weighted by Crippen LogP contribution is 2.20. The fourth-order valence-corrected chi connectivity index (χ4v) is 1.91. The van der Waals surface area contributed by atoms with Crippen LogP contribution >= 0.6 is 0 Å². The summed E-state index contributed by atoms with van der Waals surface area (Å²) in [6.07, 6.45) is 0.147. The molecule has 0 fully saturated rings. The Morgan fingerprint density at radius 3 is 2.57 bits per heavy atom. The van der Waals surface area contributed by atoms with Crippen molar-refractivity contribution in [2.24, 2.45) is 5.92 Å². The molecular weight excluding hydrogens is 270 g/mol. The number of nitrogens with zero attached hydrogens (tertiary/aromatic N) is 2. The van der Waals surface area contributed by atoms with Crippen molar-refractivity contribution in [3.63, 3.8) is 0 Å². The van der Waals surface area contributed by atoms with Crippen molar-refractivity contribution in [2.75, 3.05) is 0 Å². The molecule has 1 N–H and O–H groups in total. The molecule has 0 spiro atoms. The van der Waals surface area contributed by atoms with Gasteiger partial charge in [0.1, 0.15) is 11.8 Å². The zero-order valence-electron chi connectivity index (χ0n) is 12.4. The molecule has 1 aromatic heterocycles. The van der Waals surface area contributed by atoms with Gasteiger partial charge in [-0.25, -0.2) is 4.79 Å². The van der Waals surface area contributed by atoms with Gasteiger partial charge >= 0.3 is 6.09 Å². The van der Waals surface area contributed by atoms with Gasteiger partial charge in [0.2, 0.25) is 11.8 Å². The van der Waals surface area contributed by atoms with Gasteiger partial charge in [0.25, 0.3) is 0 Å². The number of rotatable bonds is 5. The van der Waals surface area contributed by atoms with E-state index in [-0.39, 0.29) is 6.04 Å². The molecule has 0 saturated heterocycles. The van der Waals surface area contributed by atoms with E-state index in [4.69, 9.17) is 9.15 Å². The third kappa shape index (κ3) is 4.59. The van der Waals surface area contributed by atoms with Gasteiger partial charge in [-0.2, -0.15) is 0 Å². The lowest BCUT2D eigenvalue weighted by molar-refractivity contribution is 0.190. The summed E-state index contributed by atoms with van der Waals surface area (Å²) in [7, 11) is 0. The number of benzene rings is 1. The lowest BCUT2D eigenvalue weighted by Gasteiger charge is -2.16. The minimum Gasteiger partial charge on any atom is -0.423 e. The van der Waals surface area contributed by atoms with Crippen molar-refractivity contribution >= 4 is 6.09 Å². The maximum atomic E-state index is 12.0. The topological polar surface area (TPSA) is 77.2 Å². The molecule has 0 aliphatic heterocycles. The van der Waals surface area contributed by atoms with E-state index in [2.05, 4.69) is 29.4 Å². The standard InChI is InChI=1S/C15H19N3O3/c1-10(2)9-13(14-18-17-11(3)20-14)16-15(19)21-12-7-5-4-6-8-12/h4-8,10,13H,9H2,1-3H3,(H,16,19). The van der Waals surface area contributed by atoms with Crippen LogP contribution in [0.25, 0.3) is 0 Å². The first-order valence-corrected chi connectivity index (χ1v) is 6.88. The number of amides is 1. The fraction of sp³-hybridized carbons (Fsp3) is 0.400. The molecule has 0 saturated carbocycles. The number of ether oxygens (including phenoxy) is 1. The van der Waals surface area contributed by atoms with Crippen molar-refractivity contribution in [3.8, 4) is 5.75 Å². The van der Waals surface area contributed by atoms with Crippen LogP contribution in [-0.2, 0) is 0 Å². The Kier molecular flexibility index (Phi) is 4.92. The summed E-state index contributed by atoms with van der Waals surface area (Å²) in [4.78, 5) is 12.0. The normalized spacial score (nSPS) is 12.2. The van der Waals surface area contributed by atoms with Crippen LogP contribution < -0.4 is 10.1 Å². The van der Waals surface area contributed by atoms with Crippen LogP contribution in [0.2, 0.25) is 0 Å². The molecule has 0 radical (unpaired) electrons. The van der Waals surface area contributed by atoms with E-state index in [1.54, 1.807) is 31.2 Å². The molecule has 1 atom stereocenters. The maximum Gasteiger partial charge on any atom is 0.413 e. The number of aryl methyl sites for hydroxylation is 1. The minimum atomic E-state index is -0.539. The summed E-state index contributed by atoms with van der Waals surface area (Å²) >= 11 is 0. The van der Waals surface area contributed by atoms with Gasteiger partial charge in [0.05, 0.1) is 0 Å². The molecule has 2 rings (SSSR count). The van der Waals surface area contributed by atoms with E-state index in [0.29, 0.717) is 29.9 Å². The van der Waals surface area contributed by atoms with Gasteiger partial charge in [0, 0.05) is 6.92 Å². The molecule has 0 bridgehead atoms. The Bertz CT molecular complexity index is 581. The highest BCUT2D eigenvalue weighted by atomic mass is 16.6. The fourth-order valence-electron chi connectivity index (χ4n) is 1.91. The number of hydrogen-bond acceptors (Lipinski definition) is 5. The van der Waals surface area contributed by atoms with Crippen molar-refractivity contribution in [1.29, 1.82) is 0 Å². The number of carbonyl (C=O) groups excluding carboxylic acids is 1. The van der Waals surface area contributed by atoms with E-state index in [9.17, 15) is 4.79 Å². The smallest absolute Gasteiger partial charge is 0.413 e. The maximum absolute atomic E-state index is 12.0. The lowest BCUT2D eigenvalue weighted by atomic mass is 10.0. The summed E-state index contributed by atoms with van der Waals surface area (Å²) in [5.74, 6) is 1.71. The molecule has 1 amide bonds. The molecule has 1 aromatic carbocycles. The molecule has 6 heteroatoms. The molecule has 21 heavy (non-hydrogen) atoms. The molecule has 2 aromatic rings. The zero-order chi connectivity index (χ0) is 15.2. The summed E-state index contributed by atoms with van der Waals surface area (Å²) in [6.45, 7) is 5.83. The van der Waals surface area contributed by atoms with E-state index in [0.717, 1.165) is 0 Å². The zero-order valence-corrected chi connectivity index (χ0v) is 12.4. The van der Waals surface area contributed by atoms with Crippen molar-refractivity contribution in [1.82, 2.24) is 15.5 Å². The molecule has 1 heterocycles. The second-order valence-electron chi connectivity index (χ2n) is 5.19. The first-order valence-electron chi connectivity index (χ1n) is 6.88. The predicted octanol–water partition coefficient (Wildman–Crippen LogP) is 3.25. The largest absolute Gasteiger partial charge is 0.423 e. The Labute approximate surface area is 123 Å². The monoisotopic (exact) mass is 289 g/mol. The molecule has 112 valence electrons. The number of carbonyl (C=O) groups is 1. The first-order chi connectivity index (χ1) is 10.0. The third-order valence-electron chi connectivity index (χ3n) is 2.79. The van der Waals surface area contributed by atoms with Crippen LogP contribution in [0.15, 0.2) is 34.7 Å².